The molecule has 136 heavy (non-hydrogen) atoms. The van der Waals surface area contributed by atoms with Crippen LogP contribution in [0.25, 0.3) is 0 Å². The molecule has 14 N–H and O–H groups in total. The molecule has 0 bridgehead atoms. The van der Waals surface area contributed by atoms with E-state index in [1.54, 1.807) is 20.8 Å². The van der Waals surface area contributed by atoms with Gasteiger partial charge in [0, 0.05) is 6.42 Å². The van der Waals surface area contributed by atoms with E-state index in [1.807, 2.05) is 20.8 Å². The quantitative estimate of drug-likeness (QED) is 0.00671. The summed E-state index contributed by atoms with van der Waals surface area (Å²) < 4.78 is 78.4. The Hall–Kier alpha value is -2.46. The van der Waals surface area contributed by atoms with Gasteiger partial charge in [-0.3, -0.25) is 27.5 Å². The van der Waals surface area contributed by atoms with Gasteiger partial charge in [-0.15, -0.1) is 8.67 Å². The largest absolute Gasteiger partial charge is 0.455 e. The predicted octanol–water partition coefficient (Wildman–Crippen LogP) is 17.1. The monoisotopic (exact) mass is 2000 g/mol. The molecule has 4 saturated heterocycles. The van der Waals surface area contributed by atoms with Crippen molar-refractivity contribution < 1.29 is 165 Å². The first-order valence-corrected chi connectivity index (χ1v) is 54.2. The minimum Gasteiger partial charge on any atom is -0.455 e. The van der Waals surface area contributed by atoms with Crippen molar-refractivity contribution in [3.63, 3.8) is 0 Å². The van der Waals surface area contributed by atoms with E-state index in [1.165, 1.54) is 218 Å². The number of hydrogen-bond donors (Lipinski definition) is 14. The van der Waals surface area contributed by atoms with Crippen molar-refractivity contribution in [2.24, 2.45) is 35.5 Å². The Balaban J connectivity index is 0.000000700. The van der Waals surface area contributed by atoms with E-state index in [-0.39, 0.29) is 61.7 Å². The highest BCUT2D eigenvalue weighted by Crippen LogP contribution is 2.39. The molecule has 28 atom stereocenters. The summed E-state index contributed by atoms with van der Waals surface area (Å²) in [6, 6.07) is 0. The second-order valence-electron chi connectivity index (χ2n) is 39.2. The minimum atomic E-state index is -1.79. The van der Waals surface area contributed by atoms with E-state index in [9.17, 15) is 80.5 Å². The van der Waals surface area contributed by atoms with Crippen LogP contribution in [0.15, 0.2) is 0 Å². The van der Waals surface area contributed by atoms with Gasteiger partial charge in [-0.25, -0.2) is 10.5 Å². The Morgan fingerprint density at radius 1 is 0.294 bits per heavy atom. The van der Waals surface area contributed by atoms with E-state index in [0.29, 0.717) is 19.3 Å². The number of ether oxygens (including phenoxy) is 10. The van der Waals surface area contributed by atoms with E-state index < -0.39 is 203 Å². The molecule has 36 heteroatoms. The lowest BCUT2D eigenvalue weighted by atomic mass is 9.84. The fraction of sp³-hybridized carbons (Fsp3) is 0.960. The summed E-state index contributed by atoms with van der Waals surface area (Å²) in [5.74, 6) is -5.63. The van der Waals surface area contributed by atoms with Gasteiger partial charge in [-0.1, -0.05) is 381 Å². The van der Waals surface area contributed by atoms with Crippen molar-refractivity contribution in [3.8, 4) is 0 Å². The molecule has 0 spiro atoms. The normalized spacial score (nSPS) is 27.1. The SMILES string of the molecule is CCCCCCCCCCCCCCCC(=O)OC1C(OC2OC(CO)C(O)C(O)C2OSOOO)OC(CO)C(O)C1OC(=O)C(C)CC(C)C(O)C(C)CCCCCCCCCCCCC.CCCCCCCCCCCCCCCC(O)C(C)CC(C)C(=O)OC1C(OC2OC(CO)C(O)C(O)C2OSOOO)OC(CO)C(O)C1OC(=O)C(C)CCCCCCCCCCCCC. The maximum atomic E-state index is 14.0. The molecule has 4 aliphatic heterocycles. The lowest BCUT2D eigenvalue weighted by molar-refractivity contribution is -0.435. The number of aliphatic hydroxyl groups excluding tert-OH is 12. The second-order valence-corrected chi connectivity index (χ2v) is 40.1. The van der Waals surface area contributed by atoms with E-state index in [0.717, 1.165) is 89.9 Å². The van der Waals surface area contributed by atoms with E-state index in [4.69, 9.17) is 66.2 Å². The van der Waals surface area contributed by atoms with Crippen molar-refractivity contribution in [2.45, 2.75) is 551 Å². The van der Waals surface area contributed by atoms with Crippen LogP contribution in [0.5, 0.6) is 0 Å². The summed E-state index contributed by atoms with van der Waals surface area (Å²) in [4.78, 5) is 55.1. The van der Waals surface area contributed by atoms with Crippen molar-refractivity contribution in [2.75, 3.05) is 26.4 Å². The molecule has 4 aliphatic rings. The summed E-state index contributed by atoms with van der Waals surface area (Å²) in [5, 5.41) is 153. The third-order valence-electron chi connectivity index (χ3n) is 27.3. The fourth-order valence-corrected chi connectivity index (χ4v) is 19.1. The number of rotatable bonds is 82. The minimum absolute atomic E-state index is 0.00650. The van der Waals surface area contributed by atoms with Crippen LogP contribution in [-0.4, -0.2) is 257 Å². The highest BCUT2D eigenvalue weighted by molar-refractivity contribution is 7.89. The third kappa shape index (κ3) is 52.0. The molecule has 0 aromatic rings. The van der Waals surface area contributed by atoms with Gasteiger partial charge in [0.2, 0.25) is 12.6 Å². The second kappa shape index (κ2) is 79.8. The molecule has 0 aromatic carbocycles. The zero-order chi connectivity index (χ0) is 100. The van der Waals surface area contributed by atoms with Gasteiger partial charge in [0.05, 0.1) is 56.4 Å². The molecule has 28 unspecified atom stereocenters. The average molecular weight is 2000 g/mol. The molecule has 804 valence electrons. The predicted molar refractivity (Wildman–Crippen MR) is 514 cm³/mol. The summed E-state index contributed by atoms with van der Waals surface area (Å²) in [7, 11) is 0. The first kappa shape index (κ1) is 128. The van der Waals surface area contributed by atoms with Crippen LogP contribution < -0.4 is 0 Å². The number of esters is 4. The van der Waals surface area contributed by atoms with E-state index in [2.05, 4.69) is 46.4 Å². The van der Waals surface area contributed by atoms with Crippen molar-refractivity contribution >= 4 is 48.5 Å². The average Bonchev–Trinajstić information content (AvgIpc) is 0.779. The Morgan fingerprint density at radius 2 is 0.559 bits per heavy atom. The maximum Gasteiger partial charge on any atom is 0.309 e. The lowest BCUT2D eigenvalue weighted by Crippen LogP contribution is -2.65. The molecule has 0 amide bonds. The van der Waals surface area contributed by atoms with Crippen LogP contribution in [-0.2, 0) is 93.7 Å². The van der Waals surface area contributed by atoms with Gasteiger partial charge in [-0.2, -0.15) is 0 Å². The number of carbonyl (C=O) groups is 4. The third-order valence-corrected chi connectivity index (χ3v) is 28.1. The zero-order valence-electron chi connectivity index (χ0n) is 84.4. The molecule has 0 aromatic heterocycles. The summed E-state index contributed by atoms with van der Waals surface area (Å²) in [6.07, 6.45) is 24.9. The van der Waals surface area contributed by atoms with Gasteiger partial charge in [0.25, 0.3) is 0 Å². The van der Waals surface area contributed by atoms with Crippen LogP contribution in [0, 0.1) is 35.5 Å². The van der Waals surface area contributed by atoms with E-state index >= 15 is 0 Å². The Labute approximate surface area is 822 Å². The van der Waals surface area contributed by atoms with Gasteiger partial charge in [0.1, 0.15) is 61.0 Å². The first-order chi connectivity index (χ1) is 65.7. The molecular weight excluding hydrogens is 1810 g/mol. The van der Waals surface area contributed by atoms with Gasteiger partial charge < -0.3 is 109 Å². The highest BCUT2D eigenvalue weighted by atomic mass is 32.2. The number of aliphatic hydroxyl groups is 12. The highest BCUT2D eigenvalue weighted by Gasteiger charge is 2.57. The summed E-state index contributed by atoms with van der Waals surface area (Å²) in [5.41, 5.74) is 0. The Bertz CT molecular complexity index is 2880. The smallest absolute Gasteiger partial charge is 0.309 e. The van der Waals surface area contributed by atoms with Crippen LogP contribution in [0.3, 0.4) is 0 Å². The van der Waals surface area contributed by atoms with Crippen LogP contribution in [0.4, 0.5) is 0 Å². The Morgan fingerprint density at radius 3 is 0.882 bits per heavy atom. The van der Waals surface area contributed by atoms with Crippen molar-refractivity contribution in [3.05, 3.63) is 0 Å². The molecule has 4 fully saturated rings. The maximum absolute atomic E-state index is 14.0. The fourth-order valence-electron chi connectivity index (χ4n) is 18.4. The zero-order valence-corrected chi connectivity index (χ0v) is 86.1. The summed E-state index contributed by atoms with van der Waals surface area (Å²) >= 11 is 0.0985. The number of hydrogen-bond acceptors (Lipinski definition) is 36. The molecule has 4 heterocycles. The molecule has 0 radical (unpaired) electrons. The van der Waals surface area contributed by atoms with Crippen molar-refractivity contribution in [1.82, 2.24) is 0 Å². The summed E-state index contributed by atoms with van der Waals surface area (Å²) in [6.45, 7) is 16.6. The van der Waals surface area contributed by atoms with Gasteiger partial charge >= 0.3 is 23.9 Å². The van der Waals surface area contributed by atoms with Crippen LogP contribution in [0.2, 0.25) is 0 Å². The molecule has 0 saturated carbocycles. The van der Waals surface area contributed by atoms with Gasteiger partial charge in [0.15, 0.2) is 73.9 Å². The molecule has 34 nitrogen and oxygen atoms in total. The van der Waals surface area contributed by atoms with Crippen LogP contribution >= 0.6 is 24.6 Å². The lowest BCUT2D eigenvalue weighted by Gasteiger charge is -2.46. The van der Waals surface area contributed by atoms with Crippen molar-refractivity contribution in [1.29, 1.82) is 0 Å². The number of carbonyl (C=O) groups excluding carboxylic acids is 4. The van der Waals surface area contributed by atoms with Gasteiger partial charge in [-0.05, 0) is 56.3 Å². The molecular formula is C100H188O34S2. The molecule has 4 rings (SSSR count). The topological polar surface area (TPSA) is 499 Å². The molecule has 0 aliphatic carbocycles. The number of unbranched alkanes of at least 4 members (excludes halogenated alkanes) is 44. The standard InChI is InChI=1S/2C50H94O17S/c1-6-8-10-12-14-16-18-19-21-23-25-27-29-31-40(53)62-47-45(43(56)39(34-52)61-50(47)64-49-46(65-68-67-66-59)44(57)42(55)38(33-51)60-49)63-48(58)37(5)32-36(4)41(54)35(3)30-28-26-24-22-20-17-15-13-11-9-7-2;1-6-8-10-12-14-16-18-19-21-23-25-27-29-31-38(53)36(4)32-37(5)48(58)63-46-44(62-47(57)35(3)30-28-26-24-22-20-17-15-13-11-9-7-2)42(55)40(34-52)61-50(46)64-49-45(65-68-67-66-59)43(56)41(54)39(33-51)60-49/h35-39,41-47,49-52,54-57,59H,6-34H2,1-5H3;35-46,49-56,59H,6-34H2,1-5H3. The van der Waals surface area contributed by atoms with Crippen LogP contribution in [0.1, 0.15) is 416 Å². The first-order valence-electron chi connectivity index (χ1n) is 52.9. The Kier molecular flexibility index (Phi) is 74.9.